The second-order valence-corrected chi connectivity index (χ2v) is 7.38. The number of benzene rings is 3. The average molecular weight is 448 g/mol. The molecule has 1 aliphatic heterocycles. The minimum absolute atomic E-state index is 0.0408. The maximum atomic E-state index is 12.5. The van der Waals surface area contributed by atoms with E-state index in [1.807, 2.05) is 0 Å². The van der Waals surface area contributed by atoms with E-state index in [0.717, 1.165) is 6.07 Å². The largest absolute Gasteiger partial charge is 0.508 e. The number of fused-ring (bicyclic) bond motifs is 2. The van der Waals surface area contributed by atoms with Gasteiger partial charge in [0.25, 0.3) is 0 Å². The minimum Gasteiger partial charge on any atom is -0.508 e. The van der Waals surface area contributed by atoms with Gasteiger partial charge in [-0.2, -0.15) is 0 Å². The van der Waals surface area contributed by atoms with Crippen molar-refractivity contribution in [1.82, 2.24) is 0 Å². The van der Waals surface area contributed by atoms with E-state index >= 15 is 0 Å². The number of aromatic carboxylic acids is 2. The van der Waals surface area contributed by atoms with Crippen LogP contribution in [0.1, 0.15) is 32.7 Å². The van der Waals surface area contributed by atoms with Gasteiger partial charge in [-0.25, -0.2) is 9.59 Å². The highest BCUT2D eigenvalue weighted by molar-refractivity contribution is 6.08. The van der Waals surface area contributed by atoms with Crippen LogP contribution < -0.4 is 5.43 Å². The first-order valence-corrected chi connectivity index (χ1v) is 9.71. The highest BCUT2D eigenvalue weighted by Gasteiger charge is 2.24. The summed E-state index contributed by atoms with van der Waals surface area (Å²) in [5.41, 5.74) is 0.301. The zero-order valence-electron chi connectivity index (χ0n) is 16.9. The normalized spacial score (nSPS) is 11.0. The fourth-order valence-corrected chi connectivity index (χ4v) is 3.75. The molecule has 4 N–H and O–H groups in total. The van der Waals surface area contributed by atoms with Crippen LogP contribution in [0.3, 0.4) is 0 Å². The summed E-state index contributed by atoms with van der Waals surface area (Å²) >= 11 is 0. The number of carboxylic acid groups (broad SMARTS) is 3. The second kappa shape index (κ2) is 8.12. The van der Waals surface area contributed by atoms with Crippen molar-refractivity contribution in [3.05, 3.63) is 75.4 Å². The van der Waals surface area contributed by atoms with E-state index in [2.05, 4.69) is 0 Å². The van der Waals surface area contributed by atoms with Crippen molar-refractivity contribution in [1.29, 1.82) is 0 Å². The Hall–Kier alpha value is -4.66. The number of aromatic hydroxyl groups is 1. The third kappa shape index (κ3) is 3.99. The molecule has 0 saturated carbocycles. The molecule has 166 valence electrons. The highest BCUT2D eigenvalue weighted by Crippen LogP contribution is 2.42. The van der Waals surface area contributed by atoms with Gasteiger partial charge in [0.05, 0.1) is 11.1 Å². The molecule has 0 saturated heterocycles. The molecule has 0 fully saturated rings. The number of phenolic OH excluding ortho intramolecular Hbond substituents is 1. The highest BCUT2D eigenvalue weighted by atomic mass is 16.4. The van der Waals surface area contributed by atoms with Crippen molar-refractivity contribution in [3.63, 3.8) is 0 Å². The van der Waals surface area contributed by atoms with Gasteiger partial charge >= 0.3 is 17.9 Å². The van der Waals surface area contributed by atoms with Gasteiger partial charge in [-0.3, -0.25) is 9.59 Å². The number of carbonyl (C=O) groups is 3. The Morgan fingerprint density at radius 1 is 0.848 bits per heavy atom. The Bertz CT molecular complexity index is 1480. The van der Waals surface area contributed by atoms with Crippen molar-refractivity contribution in [2.24, 2.45) is 0 Å². The van der Waals surface area contributed by atoms with Gasteiger partial charge in [-0.15, -0.1) is 0 Å². The van der Waals surface area contributed by atoms with Gasteiger partial charge in [0.2, 0.25) is 0 Å². The fraction of sp³-hybridized carbons (Fsp3) is 0.0833. The van der Waals surface area contributed by atoms with Crippen LogP contribution in [0.15, 0.2) is 57.7 Å². The van der Waals surface area contributed by atoms with Gasteiger partial charge < -0.3 is 24.8 Å². The van der Waals surface area contributed by atoms with Crippen LogP contribution in [0.2, 0.25) is 0 Å². The predicted molar refractivity (Wildman–Crippen MR) is 116 cm³/mol. The molecule has 0 radical (unpaired) electrons. The zero-order valence-corrected chi connectivity index (χ0v) is 16.9. The van der Waals surface area contributed by atoms with Gasteiger partial charge in [0.1, 0.15) is 17.1 Å². The Morgan fingerprint density at radius 3 is 2.27 bits per heavy atom. The molecule has 2 aromatic carbocycles. The van der Waals surface area contributed by atoms with Crippen LogP contribution in [0, 0.1) is 0 Å². The molecule has 9 nitrogen and oxygen atoms in total. The zero-order chi connectivity index (χ0) is 23.9. The minimum atomic E-state index is -1.36. The summed E-state index contributed by atoms with van der Waals surface area (Å²) in [5, 5.41) is 38.4. The van der Waals surface area contributed by atoms with E-state index in [-0.39, 0.29) is 52.2 Å². The smallest absolute Gasteiger partial charge is 0.336 e. The third-order valence-electron chi connectivity index (χ3n) is 5.26. The standard InChI is InChI=1S/C24H16O9/c25-13-3-5-15-19(9-13)33-20-10-18(26)11(2-6-21(27)28)7-17(20)22(15)14-4-1-12(23(29)30)8-16(14)24(31)32/h1,3-5,7-10,25H,2,6H2,(H,27,28)(H,29,30)(H,31,32). The van der Waals surface area contributed by atoms with E-state index in [9.17, 15) is 34.5 Å². The van der Waals surface area contributed by atoms with Crippen molar-refractivity contribution in [2.75, 3.05) is 0 Å². The maximum absolute atomic E-state index is 12.5. The molecule has 1 aliphatic carbocycles. The van der Waals surface area contributed by atoms with Crippen molar-refractivity contribution < 1.29 is 39.2 Å². The summed E-state index contributed by atoms with van der Waals surface area (Å²) in [4.78, 5) is 46.9. The van der Waals surface area contributed by atoms with E-state index in [4.69, 9.17) is 9.52 Å². The Morgan fingerprint density at radius 2 is 1.61 bits per heavy atom. The molecule has 1 heterocycles. The van der Waals surface area contributed by atoms with E-state index in [1.165, 1.54) is 42.5 Å². The molecule has 4 rings (SSSR count). The number of carboxylic acids is 3. The number of hydrogen-bond donors (Lipinski definition) is 4. The lowest BCUT2D eigenvalue weighted by atomic mass is 9.88. The van der Waals surface area contributed by atoms with Crippen molar-refractivity contribution in [3.8, 4) is 28.2 Å². The quantitative estimate of drug-likeness (QED) is 0.322. The number of hydrogen-bond acceptors (Lipinski definition) is 6. The molecule has 0 bridgehead atoms. The van der Waals surface area contributed by atoms with Crippen LogP contribution in [-0.2, 0) is 11.2 Å². The third-order valence-corrected chi connectivity index (χ3v) is 5.26. The summed E-state index contributed by atoms with van der Waals surface area (Å²) < 4.78 is 5.80. The summed E-state index contributed by atoms with van der Waals surface area (Å²) in [6, 6.07) is 10.5. The van der Waals surface area contributed by atoms with Gasteiger partial charge in [-0.1, -0.05) is 6.07 Å². The molecular formula is C24H16O9. The van der Waals surface area contributed by atoms with E-state index in [0.29, 0.717) is 16.5 Å². The predicted octanol–water partition coefficient (Wildman–Crippen LogP) is 3.68. The van der Waals surface area contributed by atoms with Gasteiger partial charge in [0.15, 0.2) is 5.43 Å². The average Bonchev–Trinajstić information content (AvgIpc) is 2.75. The first-order valence-electron chi connectivity index (χ1n) is 9.71. The molecule has 0 aromatic heterocycles. The first kappa shape index (κ1) is 21.6. The first-order chi connectivity index (χ1) is 15.7. The van der Waals surface area contributed by atoms with Gasteiger partial charge in [0, 0.05) is 40.6 Å². The molecular weight excluding hydrogens is 432 g/mol. The lowest BCUT2D eigenvalue weighted by Crippen LogP contribution is -2.12. The monoisotopic (exact) mass is 448 g/mol. The molecule has 9 heteroatoms. The van der Waals surface area contributed by atoms with E-state index < -0.39 is 23.3 Å². The van der Waals surface area contributed by atoms with Crippen LogP contribution in [0.5, 0.6) is 5.75 Å². The van der Waals surface area contributed by atoms with Crippen LogP contribution >= 0.6 is 0 Å². The lowest BCUT2D eigenvalue weighted by Gasteiger charge is -2.18. The fourth-order valence-electron chi connectivity index (χ4n) is 3.75. The Kier molecular flexibility index (Phi) is 5.31. The van der Waals surface area contributed by atoms with Crippen LogP contribution in [-0.4, -0.2) is 38.3 Å². The Balaban J connectivity index is 2.12. The summed E-state index contributed by atoms with van der Waals surface area (Å²) in [6.07, 6.45) is -0.316. The SMILES string of the molecule is O=C(O)CCc1cc2c(-c3ccc(C(=O)O)cc3C(=O)O)c3ccc(O)cc3oc-2cc1=O. The number of rotatable bonds is 6. The maximum Gasteiger partial charge on any atom is 0.336 e. The van der Waals surface area contributed by atoms with Gasteiger partial charge in [-0.05, 0) is 42.3 Å². The molecule has 0 amide bonds. The number of phenols is 1. The molecule has 0 atom stereocenters. The molecule has 0 unspecified atom stereocenters. The number of aryl methyl sites for hydroxylation is 1. The van der Waals surface area contributed by atoms with E-state index in [1.54, 1.807) is 0 Å². The second-order valence-electron chi connectivity index (χ2n) is 7.38. The molecule has 2 aromatic rings. The van der Waals surface area contributed by atoms with Crippen molar-refractivity contribution >= 4 is 28.9 Å². The summed E-state index contributed by atoms with van der Waals surface area (Å²) in [7, 11) is 0. The molecule has 33 heavy (non-hydrogen) atoms. The van der Waals surface area contributed by atoms with Crippen LogP contribution in [0.4, 0.5) is 0 Å². The number of aliphatic carboxylic acids is 1. The summed E-state index contributed by atoms with van der Waals surface area (Å²) in [6.45, 7) is 0. The van der Waals surface area contributed by atoms with Crippen molar-refractivity contribution in [2.45, 2.75) is 12.8 Å². The van der Waals surface area contributed by atoms with Crippen LogP contribution in [0.25, 0.3) is 33.4 Å². The molecule has 2 aliphatic rings. The Labute approximate surface area is 185 Å². The molecule has 0 spiro atoms. The topological polar surface area (TPSA) is 162 Å². The summed E-state index contributed by atoms with van der Waals surface area (Å²) in [5.74, 6) is -3.74. The lowest BCUT2D eigenvalue weighted by molar-refractivity contribution is -0.136.